The Morgan fingerprint density at radius 2 is 1.82 bits per heavy atom. The monoisotopic (exact) mass is 458 g/mol. The molecule has 2 atom stereocenters. The molecule has 2 fully saturated rings. The molecule has 0 unspecified atom stereocenters. The third-order valence-electron chi connectivity index (χ3n) is 7.38. The van der Waals surface area contributed by atoms with E-state index in [9.17, 15) is 9.59 Å². The van der Waals surface area contributed by atoms with E-state index in [1.807, 2.05) is 24.4 Å². The van der Waals surface area contributed by atoms with E-state index in [1.54, 1.807) is 0 Å². The fourth-order valence-electron chi connectivity index (χ4n) is 5.58. The lowest BCUT2D eigenvalue weighted by Gasteiger charge is -2.44. The molecule has 0 spiro atoms. The van der Waals surface area contributed by atoms with Crippen LogP contribution in [0.5, 0.6) is 0 Å². The van der Waals surface area contributed by atoms with Crippen LogP contribution in [0.4, 0.5) is 0 Å². The first-order valence-electron chi connectivity index (χ1n) is 12.6. The van der Waals surface area contributed by atoms with Crippen molar-refractivity contribution in [3.63, 3.8) is 0 Å². The standard InChI is InChI=1S/C28H34N4O2/c33-27(29-15-14-22-18-30-26-11-5-4-10-25(22)26)12-13-28(34)32-20-23-9-6-16-31(23)19-24(32)17-21-7-2-1-3-8-21/h1-5,7-8,10-11,18,23-24,30H,6,9,12-17,19-20H2,(H,29,33)/t23-,24+/m0/s1. The fraction of sp³-hybridized carbons (Fsp3) is 0.429. The minimum atomic E-state index is -0.0488. The predicted octanol–water partition coefficient (Wildman–Crippen LogP) is 3.52. The van der Waals surface area contributed by atoms with Crippen molar-refractivity contribution in [1.29, 1.82) is 0 Å². The fourth-order valence-corrected chi connectivity index (χ4v) is 5.58. The number of fused-ring (bicyclic) bond motifs is 2. The minimum Gasteiger partial charge on any atom is -0.361 e. The first kappa shape index (κ1) is 22.7. The molecule has 6 heteroatoms. The van der Waals surface area contributed by atoms with Crippen LogP contribution in [-0.2, 0) is 22.4 Å². The lowest BCUT2D eigenvalue weighted by Crippen LogP contribution is -2.58. The molecule has 0 bridgehead atoms. The normalized spacial score (nSPS) is 20.4. The van der Waals surface area contributed by atoms with Gasteiger partial charge in [-0.05, 0) is 49.4 Å². The highest BCUT2D eigenvalue weighted by atomic mass is 16.2. The SMILES string of the molecule is O=C(CCC(=O)N1C[C@@H]2CCCN2C[C@H]1Cc1ccccc1)NCCc1c[nH]c2ccccc12. The zero-order valence-corrected chi connectivity index (χ0v) is 19.7. The summed E-state index contributed by atoms with van der Waals surface area (Å²) in [6.45, 7) is 3.43. The van der Waals surface area contributed by atoms with Gasteiger partial charge in [0.15, 0.2) is 0 Å². The van der Waals surface area contributed by atoms with Crippen LogP contribution in [0, 0.1) is 0 Å². The number of amides is 2. The second kappa shape index (κ2) is 10.4. The Balaban J connectivity index is 1.13. The van der Waals surface area contributed by atoms with Crippen LogP contribution < -0.4 is 5.32 Å². The zero-order chi connectivity index (χ0) is 23.3. The molecule has 178 valence electrons. The summed E-state index contributed by atoms with van der Waals surface area (Å²) >= 11 is 0. The molecule has 2 aromatic carbocycles. The molecule has 34 heavy (non-hydrogen) atoms. The highest BCUT2D eigenvalue weighted by Crippen LogP contribution is 2.27. The van der Waals surface area contributed by atoms with Crippen molar-refractivity contribution in [3.05, 3.63) is 71.9 Å². The van der Waals surface area contributed by atoms with Crippen molar-refractivity contribution in [2.75, 3.05) is 26.2 Å². The van der Waals surface area contributed by atoms with Gasteiger partial charge < -0.3 is 15.2 Å². The van der Waals surface area contributed by atoms with Gasteiger partial charge in [0.2, 0.25) is 11.8 Å². The van der Waals surface area contributed by atoms with Crippen molar-refractivity contribution >= 4 is 22.7 Å². The first-order valence-corrected chi connectivity index (χ1v) is 12.6. The smallest absolute Gasteiger partial charge is 0.223 e. The number of aromatic amines is 1. The Hall–Kier alpha value is -3.12. The average molecular weight is 459 g/mol. The number of piperazine rings is 1. The van der Waals surface area contributed by atoms with Gasteiger partial charge in [0.25, 0.3) is 0 Å². The van der Waals surface area contributed by atoms with E-state index in [2.05, 4.69) is 56.5 Å². The maximum absolute atomic E-state index is 13.2. The Morgan fingerprint density at radius 3 is 2.71 bits per heavy atom. The first-order chi connectivity index (χ1) is 16.7. The van der Waals surface area contributed by atoms with Gasteiger partial charge >= 0.3 is 0 Å². The van der Waals surface area contributed by atoms with E-state index < -0.39 is 0 Å². The van der Waals surface area contributed by atoms with Gasteiger partial charge in [0, 0.05) is 61.7 Å². The van der Waals surface area contributed by atoms with Crippen LogP contribution in [0.15, 0.2) is 60.8 Å². The van der Waals surface area contributed by atoms with E-state index in [0.717, 1.165) is 44.4 Å². The van der Waals surface area contributed by atoms with Crippen molar-refractivity contribution in [1.82, 2.24) is 20.1 Å². The van der Waals surface area contributed by atoms with Crippen LogP contribution in [0.2, 0.25) is 0 Å². The van der Waals surface area contributed by atoms with Gasteiger partial charge in [-0.1, -0.05) is 48.5 Å². The zero-order valence-electron chi connectivity index (χ0n) is 19.7. The minimum absolute atomic E-state index is 0.0488. The van der Waals surface area contributed by atoms with Crippen molar-refractivity contribution in [3.8, 4) is 0 Å². The van der Waals surface area contributed by atoms with E-state index in [0.29, 0.717) is 12.6 Å². The molecular weight excluding hydrogens is 424 g/mol. The molecule has 6 nitrogen and oxygen atoms in total. The summed E-state index contributed by atoms with van der Waals surface area (Å²) in [4.78, 5) is 33.6. The van der Waals surface area contributed by atoms with Gasteiger partial charge in [-0.15, -0.1) is 0 Å². The van der Waals surface area contributed by atoms with E-state index in [-0.39, 0.29) is 30.7 Å². The summed E-state index contributed by atoms with van der Waals surface area (Å²) in [5.41, 5.74) is 3.57. The summed E-state index contributed by atoms with van der Waals surface area (Å²) in [6.07, 6.45) is 6.54. The summed E-state index contributed by atoms with van der Waals surface area (Å²) < 4.78 is 0. The van der Waals surface area contributed by atoms with Crippen LogP contribution in [0.1, 0.15) is 36.8 Å². The molecule has 0 radical (unpaired) electrons. The number of benzene rings is 2. The van der Waals surface area contributed by atoms with Gasteiger partial charge in [0.05, 0.1) is 0 Å². The Bertz CT molecular complexity index is 1130. The Morgan fingerprint density at radius 1 is 1.00 bits per heavy atom. The number of carbonyl (C=O) groups is 2. The topological polar surface area (TPSA) is 68.4 Å². The number of carbonyl (C=O) groups excluding carboxylic acids is 2. The molecule has 2 N–H and O–H groups in total. The van der Waals surface area contributed by atoms with Gasteiger partial charge in [-0.2, -0.15) is 0 Å². The summed E-state index contributed by atoms with van der Waals surface area (Å²) in [5, 5.41) is 4.20. The van der Waals surface area contributed by atoms with E-state index in [4.69, 9.17) is 0 Å². The molecule has 2 amide bonds. The Kier molecular flexibility index (Phi) is 6.95. The molecule has 5 rings (SSSR count). The molecule has 0 aliphatic carbocycles. The summed E-state index contributed by atoms with van der Waals surface area (Å²) in [5.74, 6) is 0.0616. The van der Waals surface area contributed by atoms with E-state index >= 15 is 0 Å². The van der Waals surface area contributed by atoms with Crippen LogP contribution >= 0.6 is 0 Å². The average Bonchev–Trinajstić information content (AvgIpc) is 3.49. The van der Waals surface area contributed by atoms with Crippen molar-refractivity contribution in [2.24, 2.45) is 0 Å². The maximum Gasteiger partial charge on any atom is 0.223 e. The summed E-state index contributed by atoms with van der Waals surface area (Å²) in [7, 11) is 0. The Labute approximate surface area is 201 Å². The number of aromatic nitrogens is 1. The van der Waals surface area contributed by atoms with Gasteiger partial charge in [-0.3, -0.25) is 14.5 Å². The number of para-hydroxylation sites is 1. The number of rotatable bonds is 8. The lowest BCUT2D eigenvalue weighted by atomic mass is 9.99. The largest absolute Gasteiger partial charge is 0.361 e. The van der Waals surface area contributed by atoms with Crippen LogP contribution in [-0.4, -0.2) is 64.9 Å². The molecule has 3 heterocycles. The maximum atomic E-state index is 13.2. The molecule has 2 aliphatic rings. The van der Waals surface area contributed by atoms with Crippen LogP contribution in [0.3, 0.4) is 0 Å². The quantitative estimate of drug-likeness (QED) is 0.543. The predicted molar refractivity (Wildman–Crippen MR) is 134 cm³/mol. The third-order valence-corrected chi connectivity index (χ3v) is 7.38. The molecule has 2 saturated heterocycles. The highest BCUT2D eigenvalue weighted by Gasteiger charge is 2.38. The lowest BCUT2D eigenvalue weighted by molar-refractivity contribution is -0.139. The molecular formula is C28H34N4O2. The number of nitrogens with zero attached hydrogens (tertiary/aromatic N) is 2. The molecule has 0 saturated carbocycles. The van der Waals surface area contributed by atoms with Crippen molar-refractivity contribution < 1.29 is 9.59 Å². The number of hydrogen-bond acceptors (Lipinski definition) is 3. The second-order valence-corrected chi connectivity index (χ2v) is 9.64. The van der Waals surface area contributed by atoms with Gasteiger partial charge in [0.1, 0.15) is 0 Å². The van der Waals surface area contributed by atoms with E-state index in [1.165, 1.54) is 22.9 Å². The molecule has 2 aliphatic heterocycles. The third kappa shape index (κ3) is 5.17. The highest BCUT2D eigenvalue weighted by molar-refractivity contribution is 5.85. The van der Waals surface area contributed by atoms with Gasteiger partial charge in [-0.25, -0.2) is 0 Å². The number of hydrogen-bond donors (Lipinski definition) is 2. The van der Waals surface area contributed by atoms with Crippen molar-refractivity contribution in [2.45, 2.75) is 50.6 Å². The molecule has 1 aromatic heterocycles. The van der Waals surface area contributed by atoms with Crippen LogP contribution in [0.25, 0.3) is 10.9 Å². The summed E-state index contributed by atoms with van der Waals surface area (Å²) in [6, 6.07) is 19.3. The second-order valence-electron chi connectivity index (χ2n) is 9.64. The molecule has 3 aromatic rings. The number of nitrogens with one attached hydrogen (secondary N) is 2. The number of H-pyrrole nitrogens is 1.